The Hall–Kier alpha value is -5.96. The van der Waals surface area contributed by atoms with Gasteiger partial charge in [-0.05, 0) is 48.5 Å². The highest BCUT2D eigenvalue weighted by Gasteiger charge is 2.30. The van der Waals surface area contributed by atoms with Crippen LogP contribution in [0, 0.1) is 64.4 Å². The Kier molecular flexibility index (Phi) is 8.29. The zero-order valence-corrected chi connectivity index (χ0v) is 20.8. The monoisotopic (exact) mass is 602 g/mol. The molecule has 43 heavy (non-hydrogen) atoms. The van der Waals surface area contributed by atoms with Gasteiger partial charge in [0.15, 0.2) is 46.5 Å². The Morgan fingerprint density at radius 3 is 1.47 bits per heavy atom. The van der Waals surface area contributed by atoms with Crippen LogP contribution in [0.15, 0.2) is 48.5 Å². The van der Waals surface area contributed by atoms with Gasteiger partial charge in [-0.25, -0.2) is 40.0 Å². The van der Waals surface area contributed by atoms with Crippen LogP contribution < -0.4 is 15.4 Å². The summed E-state index contributed by atoms with van der Waals surface area (Å²) in [7, 11) is 0. The summed E-state index contributed by atoms with van der Waals surface area (Å²) in [5.74, 6) is -19.7. The number of nitrogens with one attached hydrogen (secondary N) is 2. The largest absolute Gasteiger partial charge is 0.457 e. The number of halogens is 8. The highest BCUT2D eigenvalue weighted by atomic mass is 19.2. The fraction of sp³-hybridized carbons (Fsp3) is 0. The van der Waals surface area contributed by atoms with E-state index in [-0.39, 0.29) is 22.9 Å². The van der Waals surface area contributed by atoms with E-state index in [0.717, 1.165) is 6.07 Å². The molecule has 4 aromatic carbocycles. The maximum absolute atomic E-state index is 14.1. The Labute approximate surface area is 235 Å². The third-order valence-electron chi connectivity index (χ3n) is 5.65. The summed E-state index contributed by atoms with van der Waals surface area (Å²) in [6.45, 7) is 6.88. The summed E-state index contributed by atoms with van der Waals surface area (Å²) < 4.78 is 115. The average Bonchev–Trinajstić information content (AvgIpc) is 3.00. The molecule has 0 bridgehead atoms. The fourth-order valence-electron chi connectivity index (χ4n) is 3.62. The lowest BCUT2D eigenvalue weighted by atomic mass is 10.1. The second kappa shape index (κ2) is 11.9. The minimum atomic E-state index is -2.27. The normalized spacial score (nSPS) is 10.5. The number of hydrogen-bond acceptors (Lipinski definition) is 4. The van der Waals surface area contributed by atoms with E-state index in [9.17, 15) is 44.7 Å². The van der Waals surface area contributed by atoms with Crippen LogP contribution in [0.1, 0.15) is 26.3 Å². The van der Waals surface area contributed by atoms with Gasteiger partial charge in [-0.15, -0.1) is 0 Å². The zero-order valence-electron chi connectivity index (χ0n) is 20.8. The van der Waals surface area contributed by atoms with E-state index in [0.29, 0.717) is 0 Å². The van der Waals surface area contributed by atoms with E-state index in [1.807, 2.05) is 0 Å². The molecule has 0 aliphatic heterocycles. The molecule has 0 radical (unpaired) electrons. The van der Waals surface area contributed by atoms with Gasteiger partial charge in [-0.3, -0.25) is 9.59 Å². The molecule has 0 fully saturated rings. The Balaban J connectivity index is 1.45. The molecule has 0 unspecified atom stereocenters. The maximum atomic E-state index is 14.1. The number of amides is 2. The first kappa shape index (κ1) is 30.0. The fourth-order valence-corrected chi connectivity index (χ4v) is 3.62. The summed E-state index contributed by atoms with van der Waals surface area (Å²) in [5, 5.41) is 13.2. The molecule has 0 atom stereocenters. The Bertz CT molecular complexity index is 1750. The minimum absolute atomic E-state index is 0.0338. The molecular formula is C28H10F8N4O3. The first-order valence-corrected chi connectivity index (χ1v) is 11.4. The number of ether oxygens (including phenoxy) is 1. The molecule has 0 saturated heterocycles. The molecule has 2 N–H and O–H groups in total. The van der Waals surface area contributed by atoms with E-state index in [1.165, 1.54) is 48.5 Å². The van der Waals surface area contributed by atoms with Crippen molar-refractivity contribution < 1.29 is 49.4 Å². The van der Waals surface area contributed by atoms with Crippen LogP contribution in [0.25, 0.3) is 4.85 Å². The van der Waals surface area contributed by atoms with E-state index < -0.39 is 80.7 Å². The molecule has 4 rings (SSSR count). The average molecular weight is 602 g/mol. The van der Waals surface area contributed by atoms with E-state index in [2.05, 4.69) is 15.5 Å². The number of hydrogen-bond donors (Lipinski definition) is 2. The minimum Gasteiger partial charge on any atom is -0.457 e. The van der Waals surface area contributed by atoms with Gasteiger partial charge in [0.25, 0.3) is 5.91 Å². The summed E-state index contributed by atoms with van der Waals surface area (Å²) >= 11 is 0. The molecule has 4 aromatic rings. The van der Waals surface area contributed by atoms with Gasteiger partial charge >= 0.3 is 0 Å². The van der Waals surface area contributed by atoms with Crippen molar-refractivity contribution >= 4 is 28.9 Å². The van der Waals surface area contributed by atoms with Gasteiger partial charge in [-0.1, -0.05) is 0 Å². The summed E-state index contributed by atoms with van der Waals surface area (Å²) in [6, 6.07) is 11.2. The van der Waals surface area contributed by atoms with Gasteiger partial charge in [-0.2, -0.15) is 5.26 Å². The second-order valence-electron chi connectivity index (χ2n) is 8.27. The first-order valence-electron chi connectivity index (χ1n) is 11.4. The second-order valence-corrected chi connectivity index (χ2v) is 8.27. The Morgan fingerprint density at radius 1 is 0.628 bits per heavy atom. The maximum Gasteiger partial charge on any atom is 0.260 e. The summed E-state index contributed by atoms with van der Waals surface area (Å²) in [6.07, 6.45) is 0. The van der Waals surface area contributed by atoms with Crippen LogP contribution >= 0.6 is 0 Å². The van der Waals surface area contributed by atoms with Crippen molar-refractivity contribution in [3.63, 3.8) is 0 Å². The topological polar surface area (TPSA) is 95.6 Å². The van der Waals surface area contributed by atoms with Crippen molar-refractivity contribution in [2.75, 3.05) is 10.6 Å². The lowest BCUT2D eigenvalue weighted by Gasteiger charge is -2.12. The molecule has 0 spiro atoms. The number of benzene rings is 4. The van der Waals surface area contributed by atoms with Gasteiger partial charge in [0, 0.05) is 11.4 Å². The van der Waals surface area contributed by atoms with Crippen LogP contribution in [-0.4, -0.2) is 11.8 Å². The van der Waals surface area contributed by atoms with Crippen molar-refractivity contribution in [2.45, 2.75) is 0 Å². The third-order valence-corrected chi connectivity index (χ3v) is 5.65. The highest BCUT2D eigenvalue weighted by molar-refractivity contribution is 6.08. The van der Waals surface area contributed by atoms with Gasteiger partial charge in [0.05, 0.1) is 17.7 Å². The van der Waals surface area contributed by atoms with Gasteiger partial charge in [0.2, 0.25) is 11.6 Å². The lowest BCUT2D eigenvalue weighted by Crippen LogP contribution is -2.19. The van der Waals surface area contributed by atoms with E-state index >= 15 is 0 Å². The molecule has 0 aliphatic carbocycles. The van der Waals surface area contributed by atoms with E-state index in [1.54, 1.807) is 0 Å². The number of nitriles is 1. The van der Waals surface area contributed by atoms with Crippen molar-refractivity contribution in [1.29, 1.82) is 5.26 Å². The van der Waals surface area contributed by atoms with Crippen LogP contribution in [0.5, 0.6) is 11.5 Å². The van der Waals surface area contributed by atoms with Crippen molar-refractivity contribution in [2.24, 2.45) is 0 Å². The number of nitrogens with zero attached hydrogens (tertiary/aromatic N) is 2. The molecule has 0 aromatic heterocycles. The molecule has 0 heterocycles. The molecule has 2 amide bonds. The van der Waals surface area contributed by atoms with Crippen molar-refractivity contribution in [1.82, 2.24) is 0 Å². The first-order chi connectivity index (χ1) is 20.4. The predicted octanol–water partition coefficient (Wildman–Crippen LogP) is 7.52. The SMILES string of the molecule is [C-]#[N+]c1c(F)c(F)c(F)c(F)c1C(=O)Nc1ccc(Oc2ccc(NC(=O)c3c(F)c(F)c(F)c(F)c3C#N)cc2)cc1. The van der Waals surface area contributed by atoms with Gasteiger partial charge < -0.3 is 15.4 Å². The third kappa shape index (κ3) is 5.64. The number of carbonyl (C=O) groups excluding carboxylic acids is 2. The highest BCUT2D eigenvalue weighted by Crippen LogP contribution is 2.32. The molecular weight excluding hydrogens is 592 g/mol. The standard InChI is InChI=1S/C28H10F8N4O3/c1-38-26-17(20(31)23(34)24(35)25(26)36)28(42)40-12-4-8-14(9-5-12)43-13-6-2-11(3-7-13)39-27(41)16-15(10-37)18(29)21(32)22(33)19(16)30/h2-9H,(H,39,41)(H,40,42). The predicted molar refractivity (Wildman–Crippen MR) is 132 cm³/mol. The van der Waals surface area contributed by atoms with Crippen LogP contribution in [0.4, 0.5) is 52.2 Å². The van der Waals surface area contributed by atoms with Gasteiger partial charge in [0.1, 0.15) is 23.1 Å². The molecule has 0 saturated carbocycles. The quantitative estimate of drug-likeness (QED) is 0.103. The number of carbonyl (C=O) groups is 2. The van der Waals surface area contributed by atoms with Crippen LogP contribution in [-0.2, 0) is 0 Å². The van der Waals surface area contributed by atoms with E-state index in [4.69, 9.17) is 16.6 Å². The zero-order chi connectivity index (χ0) is 31.6. The molecule has 216 valence electrons. The van der Waals surface area contributed by atoms with Crippen LogP contribution in [0.2, 0.25) is 0 Å². The van der Waals surface area contributed by atoms with Crippen LogP contribution in [0.3, 0.4) is 0 Å². The smallest absolute Gasteiger partial charge is 0.260 e. The summed E-state index contributed by atoms with van der Waals surface area (Å²) in [5.41, 5.74) is -5.42. The lowest BCUT2D eigenvalue weighted by molar-refractivity contribution is 0.101. The number of rotatable bonds is 6. The van der Waals surface area contributed by atoms with Crippen molar-refractivity contribution in [3.05, 3.63) is 123 Å². The molecule has 0 aliphatic rings. The van der Waals surface area contributed by atoms with Crippen molar-refractivity contribution in [3.8, 4) is 17.6 Å². The molecule has 15 heteroatoms. The Morgan fingerprint density at radius 2 is 1.02 bits per heavy atom. The molecule has 7 nitrogen and oxygen atoms in total. The summed E-state index contributed by atoms with van der Waals surface area (Å²) in [4.78, 5) is 27.4. The number of anilines is 2.